The minimum absolute atomic E-state index is 0.0346. The number of aromatic nitrogens is 1. The third-order valence-corrected chi connectivity index (χ3v) is 3.64. The number of nitrogens with zero attached hydrogens (tertiary/aromatic N) is 1. The third kappa shape index (κ3) is 3.50. The number of unbranched alkanes of at least 4 members (excludes halogenated alkanes) is 1. The lowest BCUT2D eigenvalue weighted by Crippen LogP contribution is -2.28. The molecule has 22 heavy (non-hydrogen) atoms. The average molecular weight is 300 g/mol. The first-order valence-corrected chi connectivity index (χ1v) is 7.84. The van der Waals surface area contributed by atoms with Crippen molar-refractivity contribution in [2.24, 2.45) is 0 Å². The second-order valence-corrected chi connectivity index (χ2v) is 5.75. The van der Waals surface area contributed by atoms with Gasteiger partial charge in [0.25, 0.3) is 5.56 Å². The number of nitrogens with one attached hydrogen (secondary N) is 1. The number of rotatable bonds is 6. The molecule has 0 radical (unpaired) electrons. The fourth-order valence-corrected chi connectivity index (χ4v) is 2.67. The molecule has 1 heterocycles. The average Bonchev–Trinajstić information content (AvgIpc) is 2.48. The lowest BCUT2D eigenvalue weighted by Gasteiger charge is -2.31. The molecule has 0 aliphatic rings. The van der Waals surface area contributed by atoms with Crippen LogP contribution >= 0.6 is 0 Å². The van der Waals surface area contributed by atoms with E-state index in [1.165, 1.54) is 6.07 Å². The molecule has 0 bridgehead atoms. The van der Waals surface area contributed by atoms with E-state index in [0.717, 1.165) is 30.6 Å². The van der Waals surface area contributed by atoms with E-state index < -0.39 is 0 Å². The molecule has 2 aromatic rings. The van der Waals surface area contributed by atoms with Crippen molar-refractivity contribution in [3.8, 4) is 5.75 Å². The van der Waals surface area contributed by atoms with E-state index in [4.69, 9.17) is 0 Å². The number of pyridine rings is 1. The number of H-pyrrole nitrogens is 1. The van der Waals surface area contributed by atoms with Gasteiger partial charge in [0, 0.05) is 23.5 Å². The van der Waals surface area contributed by atoms with E-state index in [-0.39, 0.29) is 17.4 Å². The molecule has 0 aliphatic heterocycles. The minimum Gasteiger partial charge on any atom is -0.505 e. The molecule has 0 amide bonds. The maximum Gasteiger partial charge on any atom is 0.251 e. The zero-order valence-electron chi connectivity index (χ0n) is 13.5. The summed E-state index contributed by atoms with van der Waals surface area (Å²) in [6.45, 7) is 6.25. The van der Waals surface area contributed by atoms with Gasteiger partial charge in [-0.1, -0.05) is 31.5 Å². The van der Waals surface area contributed by atoms with Gasteiger partial charge in [0.15, 0.2) is 0 Å². The Kier molecular flexibility index (Phi) is 5.26. The number of para-hydroxylation sites is 1. The van der Waals surface area contributed by atoms with Crippen molar-refractivity contribution in [2.45, 2.75) is 46.1 Å². The maximum atomic E-state index is 11.7. The van der Waals surface area contributed by atoms with Crippen molar-refractivity contribution in [1.82, 2.24) is 4.98 Å². The second-order valence-electron chi connectivity index (χ2n) is 5.75. The lowest BCUT2D eigenvalue weighted by atomic mass is 10.1. The molecule has 1 aromatic heterocycles. The highest BCUT2D eigenvalue weighted by Gasteiger charge is 2.21. The van der Waals surface area contributed by atoms with Crippen LogP contribution in [0.4, 0.5) is 11.4 Å². The van der Waals surface area contributed by atoms with Gasteiger partial charge in [-0.25, -0.2) is 0 Å². The van der Waals surface area contributed by atoms with Crippen molar-refractivity contribution >= 4 is 11.4 Å². The van der Waals surface area contributed by atoms with Crippen LogP contribution in [0.2, 0.25) is 0 Å². The van der Waals surface area contributed by atoms with Crippen LogP contribution < -0.4 is 10.5 Å². The molecule has 2 rings (SSSR count). The Bertz CT molecular complexity index is 663. The van der Waals surface area contributed by atoms with E-state index in [2.05, 4.69) is 30.7 Å². The van der Waals surface area contributed by atoms with Gasteiger partial charge in [0.05, 0.1) is 0 Å². The highest BCUT2D eigenvalue weighted by Crippen LogP contribution is 2.36. The summed E-state index contributed by atoms with van der Waals surface area (Å²) in [7, 11) is 0. The highest BCUT2D eigenvalue weighted by molar-refractivity contribution is 5.71. The number of aryl methyl sites for hydroxylation is 1. The van der Waals surface area contributed by atoms with Gasteiger partial charge in [0.2, 0.25) is 0 Å². The Hall–Kier alpha value is -2.23. The summed E-state index contributed by atoms with van der Waals surface area (Å²) in [6.07, 6.45) is 2.74. The monoisotopic (exact) mass is 300 g/mol. The van der Waals surface area contributed by atoms with Crippen LogP contribution in [-0.2, 0) is 6.42 Å². The first kappa shape index (κ1) is 16.1. The molecule has 118 valence electrons. The Balaban J connectivity index is 2.58. The SMILES string of the molecule is CCCCc1[nH]c(=O)cc(O)c1N(c1ccccc1)C(C)C. The topological polar surface area (TPSA) is 56.3 Å². The van der Waals surface area contributed by atoms with Crippen LogP contribution in [0.3, 0.4) is 0 Å². The smallest absolute Gasteiger partial charge is 0.251 e. The van der Waals surface area contributed by atoms with Crippen LogP contribution in [0.5, 0.6) is 5.75 Å². The number of aromatic hydroxyl groups is 1. The van der Waals surface area contributed by atoms with E-state index >= 15 is 0 Å². The quantitative estimate of drug-likeness (QED) is 0.848. The summed E-state index contributed by atoms with van der Waals surface area (Å²) in [5, 5.41) is 10.4. The second kappa shape index (κ2) is 7.16. The Morgan fingerprint density at radius 1 is 1.23 bits per heavy atom. The summed E-state index contributed by atoms with van der Waals surface area (Å²) in [5.74, 6) is 0.0346. The highest BCUT2D eigenvalue weighted by atomic mass is 16.3. The molecule has 0 saturated carbocycles. The first-order chi connectivity index (χ1) is 10.5. The van der Waals surface area contributed by atoms with E-state index in [0.29, 0.717) is 5.69 Å². The molecular weight excluding hydrogens is 276 g/mol. The Morgan fingerprint density at radius 2 is 1.91 bits per heavy atom. The lowest BCUT2D eigenvalue weighted by molar-refractivity contribution is 0.471. The molecule has 1 aromatic carbocycles. The van der Waals surface area contributed by atoms with Crippen LogP contribution in [0.25, 0.3) is 0 Å². The molecule has 0 atom stereocenters. The van der Waals surface area contributed by atoms with Crippen LogP contribution in [0.15, 0.2) is 41.2 Å². The van der Waals surface area contributed by atoms with E-state index in [1.54, 1.807) is 0 Å². The standard InChI is InChI=1S/C18H24N2O2/c1-4-5-11-15-18(16(21)12-17(22)19-15)20(13(2)3)14-9-7-6-8-10-14/h6-10,12-13H,4-5,11H2,1-3H3,(H2,19,21,22). The zero-order valence-corrected chi connectivity index (χ0v) is 13.5. The molecule has 4 heteroatoms. The van der Waals surface area contributed by atoms with E-state index in [1.807, 2.05) is 30.3 Å². The molecule has 0 spiro atoms. The van der Waals surface area contributed by atoms with Gasteiger partial charge in [-0.2, -0.15) is 0 Å². The first-order valence-electron chi connectivity index (χ1n) is 7.84. The minimum atomic E-state index is -0.260. The fourth-order valence-electron chi connectivity index (χ4n) is 2.67. The molecule has 0 aliphatic carbocycles. The predicted octanol–water partition coefficient (Wildman–Crippen LogP) is 3.97. The number of benzene rings is 1. The Labute approximate surface area is 131 Å². The third-order valence-electron chi connectivity index (χ3n) is 3.64. The van der Waals surface area contributed by atoms with Crippen molar-refractivity contribution in [2.75, 3.05) is 4.90 Å². The summed E-state index contributed by atoms with van der Waals surface area (Å²) in [6, 6.07) is 11.3. The van der Waals surface area contributed by atoms with Crippen molar-refractivity contribution in [1.29, 1.82) is 0 Å². The number of anilines is 2. The number of hydrogen-bond donors (Lipinski definition) is 2. The molecule has 0 unspecified atom stereocenters. The van der Waals surface area contributed by atoms with E-state index in [9.17, 15) is 9.90 Å². The zero-order chi connectivity index (χ0) is 16.1. The number of aromatic amines is 1. The Morgan fingerprint density at radius 3 is 2.50 bits per heavy atom. The summed E-state index contributed by atoms with van der Waals surface area (Å²) >= 11 is 0. The summed E-state index contributed by atoms with van der Waals surface area (Å²) in [4.78, 5) is 16.7. The molecule has 2 N–H and O–H groups in total. The van der Waals surface area contributed by atoms with Crippen LogP contribution in [0.1, 0.15) is 39.3 Å². The maximum absolute atomic E-state index is 11.7. The summed E-state index contributed by atoms with van der Waals surface area (Å²) in [5.41, 5.74) is 2.24. The van der Waals surface area contributed by atoms with Crippen LogP contribution in [0, 0.1) is 0 Å². The fraction of sp³-hybridized carbons (Fsp3) is 0.389. The van der Waals surface area contributed by atoms with Gasteiger partial charge in [-0.05, 0) is 38.8 Å². The van der Waals surface area contributed by atoms with Crippen molar-refractivity contribution in [3.05, 3.63) is 52.4 Å². The van der Waals surface area contributed by atoms with Gasteiger partial charge in [0.1, 0.15) is 11.4 Å². The molecule has 0 fully saturated rings. The largest absolute Gasteiger partial charge is 0.505 e. The number of hydrogen-bond acceptors (Lipinski definition) is 3. The van der Waals surface area contributed by atoms with Crippen molar-refractivity contribution in [3.63, 3.8) is 0 Å². The molecule has 4 nitrogen and oxygen atoms in total. The normalized spacial score (nSPS) is 10.9. The molecular formula is C18H24N2O2. The summed E-state index contributed by atoms with van der Waals surface area (Å²) < 4.78 is 0. The van der Waals surface area contributed by atoms with Gasteiger partial charge >= 0.3 is 0 Å². The van der Waals surface area contributed by atoms with Crippen LogP contribution in [-0.4, -0.2) is 16.1 Å². The van der Waals surface area contributed by atoms with Gasteiger partial charge < -0.3 is 15.0 Å². The van der Waals surface area contributed by atoms with Crippen molar-refractivity contribution < 1.29 is 5.11 Å². The van der Waals surface area contributed by atoms with Gasteiger partial charge in [-0.3, -0.25) is 4.79 Å². The predicted molar refractivity (Wildman–Crippen MR) is 91.1 cm³/mol. The molecule has 0 saturated heterocycles. The van der Waals surface area contributed by atoms with Gasteiger partial charge in [-0.15, -0.1) is 0 Å².